The summed E-state index contributed by atoms with van der Waals surface area (Å²) in [5.74, 6) is 0.969. The van der Waals surface area contributed by atoms with Gasteiger partial charge in [0.25, 0.3) is 0 Å². The fourth-order valence-corrected chi connectivity index (χ4v) is 3.22. The first-order valence-electron chi connectivity index (χ1n) is 8.42. The van der Waals surface area contributed by atoms with Gasteiger partial charge in [0.2, 0.25) is 0 Å². The number of H-pyrrole nitrogens is 1. The van der Waals surface area contributed by atoms with Crippen molar-refractivity contribution in [3.63, 3.8) is 0 Å². The lowest BCUT2D eigenvalue weighted by Crippen LogP contribution is -2.28. The van der Waals surface area contributed by atoms with Crippen LogP contribution in [0.25, 0.3) is 17.1 Å². The predicted octanol–water partition coefficient (Wildman–Crippen LogP) is 4.72. The van der Waals surface area contributed by atoms with E-state index in [4.69, 9.17) is 0 Å². The number of aryl methyl sites for hydroxylation is 1. The largest absolute Gasteiger partial charge is 0.366 e. The van der Waals surface area contributed by atoms with E-state index in [2.05, 4.69) is 75.6 Å². The molecule has 1 N–H and O–H groups in total. The van der Waals surface area contributed by atoms with Crippen molar-refractivity contribution in [1.29, 1.82) is 0 Å². The number of imidazole rings is 1. The number of fused-ring (bicyclic) bond motifs is 1. The zero-order chi connectivity index (χ0) is 16.4. The standard InChI is InChI=1S/C21H21N3/c1-16-22-19-8-5-9-20(21(19)23-16)24-14-12-18(13-15-24)11-10-17-6-3-2-4-7-17/h2-12H,13-15H2,1H3,(H,22,23). The molecule has 3 nitrogen and oxygen atoms in total. The molecule has 3 heteroatoms. The molecule has 1 aromatic heterocycles. The SMILES string of the molecule is Cc1nc2c(N3CC=C(C=Cc4ccccc4)CC3)cccc2[nH]1. The molecule has 120 valence electrons. The van der Waals surface area contributed by atoms with Gasteiger partial charge in [-0.25, -0.2) is 4.98 Å². The number of rotatable bonds is 3. The van der Waals surface area contributed by atoms with Gasteiger partial charge in [-0.15, -0.1) is 0 Å². The lowest BCUT2D eigenvalue weighted by molar-refractivity contribution is 0.803. The van der Waals surface area contributed by atoms with E-state index in [1.165, 1.54) is 16.8 Å². The topological polar surface area (TPSA) is 31.9 Å². The van der Waals surface area contributed by atoms with Gasteiger partial charge >= 0.3 is 0 Å². The number of nitrogens with zero attached hydrogens (tertiary/aromatic N) is 2. The molecule has 0 aliphatic carbocycles. The van der Waals surface area contributed by atoms with Gasteiger partial charge < -0.3 is 9.88 Å². The molecule has 4 rings (SSSR count). The van der Waals surface area contributed by atoms with Crippen molar-refractivity contribution >= 4 is 22.8 Å². The van der Waals surface area contributed by atoms with Gasteiger partial charge in [-0.2, -0.15) is 0 Å². The summed E-state index contributed by atoms with van der Waals surface area (Å²) in [6, 6.07) is 16.8. The quantitative estimate of drug-likeness (QED) is 0.758. The van der Waals surface area contributed by atoms with Gasteiger partial charge in [-0.1, -0.05) is 54.6 Å². The Labute approximate surface area is 142 Å². The van der Waals surface area contributed by atoms with E-state index in [0.717, 1.165) is 36.4 Å². The van der Waals surface area contributed by atoms with Crippen LogP contribution < -0.4 is 4.90 Å². The number of aromatic amines is 1. The minimum absolute atomic E-state index is 0.930. The number of hydrogen-bond donors (Lipinski definition) is 1. The average molecular weight is 315 g/mol. The average Bonchev–Trinajstić information content (AvgIpc) is 3.01. The number of hydrogen-bond acceptors (Lipinski definition) is 2. The Morgan fingerprint density at radius 2 is 1.92 bits per heavy atom. The third kappa shape index (κ3) is 2.98. The Bertz CT molecular complexity index is 903. The van der Waals surface area contributed by atoms with E-state index >= 15 is 0 Å². The van der Waals surface area contributed by atoms with E-state index in [0.29, 0.717) is 0 Å². The van der Waals surface area contributed by atoms with Gasteiger partial charge in [0.05, 0.1) is 11.2 Å². The van der Waals surface area contributed by atoms with Crippen LogP contribution in [0.5, 0.6) is 0 Å². The lowest BCUT2D eigenvalue weighted by Gasteiger charge is -2.28. The number of nitrogens with one attached hydrogen (secondary N) is 1. The van der Waals surface area contributed by atoms with Gasteiger partial charge in [-0.3, -0.25) is 0 Å². The predicted molar refractivity (Wildman–Crippen MR) is 101 cm³/mol. The molecule has 1 aliphatic heterocycles. The van der Waals surface area contributed by atoms with Crippen LogP contribution in [0.4, 0.5) is 5.69 Å². The van der Waals surface area contributed by atoms with Gasteiger partial charge in [0.15, 0.2) is 0 Å². The smallest absolute Gasteiger partial charge is 0.112 e. The Kier molecular flexibility index (Phi) is 3.91. The summed E-state index contributed by atoms with van der Waals surface area (Å²) in [4.78, 5) is 10.4. The maximum atomic E-state index is 4.65. The van der Waals surface area contributed by atoms with Gasteiger partial charge in [0, 0.05) is 13.1 Å². The minimum Gasteiger partial charge on any atom is -0.366 e. The second kappa shape index (κ2) is 6.36. The number of para-hydroxylation sites is 1. The number of aromatic nitrogens is 2. The number of benzene rings is 2. The van der Waals surface area contributed by atoms with Crippen LogP contribution in [0.2, 0.25) is 0 Å². The molecular formula is C21H21N3. The van der Waals surface area contributed by atoms with Crippen LogP contribution in [0.3, 0.4) is 0 Å². The second-order valence-electron chi connectivity index (χ2n) is 6.21. The van der Waals surface area contributed by atoms with E-state index < -0.39 is 0 Å². The second-order valence-corrected chi connectivity index (χ2v) is 6.21. The molecule has 0 amide bonds. The molecule has 0 radical (unpaired) electrons. The first-order chi connectivity index (χ1) is 11.8. The maximum absolute atomic E-state index is 4.65. The molecule has 1 aliphatic rings. The van der Waals surface area contributed by atoms with Crippen LogP contribution in [0, 0.1) is 6.92 Å². The van der Waals surface area contributed by atoms with Crippen LogP contribution in [-0.2, 0) is 0 Å². The number of allylic oxidation sites excluding steroid dienone is 1. The summed E-state index contributed by atoms with van der Waals surface area (Å²) in [5, 5.41) is 0. The Balaban J connectivity index is 1.52. The van der Waals surface area contributed by atoms with E-state index in [1.54, 1.807) is 0 Å². The molecule has 3 aromatic rings. The first-order valence-corrected chi connectivity index (χ1v) is 8.42. The zero-order valence-corrected chi connectivity index (χ0v) is 13.9. The van der Waals surface area contributed by atoms with Crippen molar-refractivity contribution in [1.82, 2.24) is 9.97 Å². The zero-order valence-electron chi connectivity index (χ0n) is 13.9. The molecular weight excluding hydrogens is 294 g/mol. The fourth-order valence-electron chi connectivity index (χ4n) is 3.22. The van der Waals surface area contributed by atoms with Crippen LogP contribution in [-0.4, -0.2) is 23.1 Å². The molecule has 0 bridgehead atoms. The highest BCUT2D eigenvalue weighted by Gasteiger charge is 2.15. The molecule has 0 spiro atoms. The Hall–Kier alpha value is -2.81. The Morgan fingerprint density at radius 3 is 2.71 bits per heavy atom. The Morgan fingerprint density at radius 1 is 1.04 bits per heavy atom. The first kappa shape index (κ1) is 14.8. The molecule has 2 heterocycles. The highest BCUT2D eigenvalue weighted by atomic mass is 15.1. The normalized spacial score (nSPS) is 15.2. The van der Waals surface area contributed by atoms with E-state index in [9.17, 15) is 0 Å². The molecule has 0 fully saturated rings. The summed E-state index contributed by atoms with van der Waals surface area (Å²) >= 11 is 0. The molecule has 0 unspecified atom stereocenters. The van der Waals surface area contributed by atoms with Crippen molar-refractivity contribution in [2.45, 2.75) is 13.3 Å². The summed E-state index contributed by atoms with van der Waals surface area (Å²) in [6.45, 7) is 3.96. The van der Waals surface area contributed by atoms with Crippen LogP contribution in [0.1, 0.15) is 17.8 Å². The molecule has 0 atom stereocenters. The van der Waals surface area contributed by atoms with Crippen molar-refractivity contribution in [2.24, 2.45) is 0 Å². The van der Waals surface area contributed by atoms with Crippen LogP contribution in [0.15, 0.2) is 66.3 Å². The maximum Gasteiger partial charge on any atom is 0.112 e. The monoisotopic (exact) mass is 315 g/mol. The lowest BCUT2D eigenvalue weighted by atomic mass is 10.1. The third-order valence-electron chi connectivity index (χ3n) is 4.48. The number of anilines is 1. The molecule has 0 saturated heterocycles. The fraction of sp³-hybridized carbons (Fsp3) is 0.190. The molecule has 2 aromatic carbocycles. The van der Waals surface area contributed by atoms with Gasteiger partial charge in [-0.05, 0) is 36.6 Å². The van der Waals surface area contributed by atoms with Crippen LogP contribution >= 0.6 is 0 Å². The van der Waals surface area contributed by atoms with Crippen molar-refractivity contribution in [3.8, 4) is 0 Å². The summed E-state index contributed by atoms with van der Waals surface area (Å²) in [6.07, 6.45) is 7.82. The highest BCUT2D eigenvalue weighted by Crippen LogP contribution is 2.27. The minimum atomic E-state index is 0.930. The van der Waals surface area contributed by atoms with Crippen molar-refractivity contribution < 1.29 is 0 Å². The summed E-state index contributed by atoms with van der Waals surface area (Å²) in [5.41, 5.74) is 6.06. The van der Waals surface area contributed by atoms with Crippen molar-refractivity contribution in [2.75, 3.05) is 18.0 Å². The van der Waals surface area contributed by atoms with Gasteiger partial charge in [0.1, 0.15) is 11.3 Å². The summed E-state index contributed by atoms with van der Waals surface area (Å²) in [7, 11) is 0. The highest BCUT2D eigenvalue weighted by molar-refractivity contribution is 5.89. The summed E-state index contributed by atoms with van der Waals surface area (Å²) < 4.78 is 0. The van der Waals surface area contributed by atoms with E-state index in [1.807, 2.05) is 13.0 Å². The van der Waals surface area contributed by atoms with E-state index in [-0.39, 0.29) is 0 Å². The van der Waals surface area contributed by atoms with Crippen molar-refractivity contribution in [3.05, 3.63) is 77.6 Å². The third-order valence-corrected chi connectivity index (χ3v) is 4.48. The molecule has 0 saturated carbocycles. The molecule has 24 heavy (non-hydrogen) atoms.